The molecule has 0 unspecified atom stereocenters. The van der Waals surface area contributed by atoms with Crippen LogP contribution >= 0.6 is 22.9 Å². The topological polar surface area (TPSA) is 38.9 Å². The maximum absolute atomic E-state index is 6.03. The molecule has 0 atom stereocenters. The second-order valence-corrected chi connectivity index (χ2v) is 5.49. The van der Waals surface area contributed by atoms with Crippen LogP contribution in [0.5, 0.6) is 0 Å². The summed E-state index contributed by atoms with van der Waals surface area (Å²) in [5, 5.41) is 3.48. The molecule has 1 heterocycles. The van der Waals surface area contributed by atoms with Crippen LogP contribution in [0, 0.1) is 0 Å². The molecule has 1 aromatic carbocycles. The zero-order valence-electron chi connectivity index (χ0n) is 8.61. The number of hydrogen-bond donors (Lipinski definition) is 1. The zero-order chi connectivity index (χ0) is 11.2. The Morgan fingerprint density at radius 1 is 1.38 bits per heavy atom. The molecule has 1 aliphatic rings. The van der Waals surface area contributed by atoms with Gasteiger partial charge in [-0.05, 0) is 30.5 Å². The number of hydrogen-bond acceptors (Lipinski definition) is 3. The van der Waals surface area contributed by atoms with Gasteiger partial charge in [0.1, 0.15) is 0 Å². The Morgan fingerprint density at radius 3 is 2.75 bits per heavy atom. The van der Waals surface area contributed by atoms with Gasteiger partial charge in [-0.15, -0.1) is 11.3 Å². The monoisotopic (exact) mass is 250 g/mol. The highest BCUT2D eigenvalue weighted by atomic mass is 35.5. The number of nitrogen functional groups attached to an aromatic ring is 1. The quantitative estimate of drug-likeness (QED) is 0.887. The molecule has 2 N–H and O–H groups in total. The third-order valence-electron chi connectivity index (χ3n) is 3.14. The maximum atomic E-state index is 6.03. The molecule has 1 saturated carbocycles. The lowest BCUT2D eigenvalue weighted by Gasteiger charge is -2.13. The summed E-state index contributed by atoms with van der Waals surface area (Å²) >= 11 is 7.53. The molecule has 3 rings (SSSR count). The van der Waals surface area contributed by atoms with Gasteiger partial charge in [0, 0.05) is 15.8 Å². The highest BCUT2D eigenvalue weighted by Gasteiger charge is 2.47. The van der Waals surface area contributed by atoms with Crippen LogP contribution in [0.25, 0.3) is 0 Å². The van der Waals surface area contributed by atoms with Crippen molar-refractivity contribution in [2.45, 2.75) is 18.3 Å². The normalized spacial score (nSPS) is 17.3. The van der Waals surface area contributed by atoms with E-state index in [9.17, 15) is 0 Å². The van der Waals surface area contributed by atoms with Gasteiger partial charge < -0.3 is 5.73 Å². The lowest BCUT2D eigenvalue weighted by atomic mass is 9.93. The smallest absolute Gasteiger partial charge is 0.180 e. The number of anilines is 1. The van der Waals surface area contributed by atoms with Gasteiger partial charge in [0.05, 0.1) is 5.69 Å². The number of nitrogens with zero attached hydrogens (tertiary/aromatic N) is 1. The van der Waals surface area contributed by atoms with Crippen molar-refractivity contribution in [3.8, 4) is 0 Å². The average Bonchev–Trinajstić information content (AvgIpc) is 2.97. The van der Waals surface area contributed by atoms with Crippen LogP contribution in [0.4, 0.5) is 5.13 Å². The van der Waals surface area contributed by atoms with Crippen LogP contribution in [-0.4, -0.2) is 4.98 Å². The Hall–Kier alpha value is -1.06. The van der Waals surface area contributed by atoms with Crippen LogP contribution in [0.3, 0.4) is 0 Å². The van der Waals surface area contributed by atoms with Crippen LogP contribution in [0.2, 0.25) is 5.02 Å². The second kappa shape index (κ2) is 3.47. The van der Waals surface area contributed by atoms with E-state index in [4.69, 9.17) is 17.3 Å². The van der Waals surface area contributed by atoms with Gasteiger partial charge in [0.25, 0.3) is 0 Å². The average molecular weight is 251 g/mol. The number of thiazole rings is 1. The van der Waals surface area contributed by atoms with Crippen molar-refractivity contribution >= 4 is 28.1 Å². The van der Waals surface area contributed by atoms with Crippen molar-refractivity contribution in [1.29, 1.82) is 0 Å². The van der Waals surface area contributed by atoms with E-state index < -0.39 is 0 Å². The molecule has 1 aliphatic carbocycles. The van der Waals surface area contributed by atoms with Crippen molar-refractivity contribution in [1.82, 2.24) is 4.98 Å². The summed E-state index contributed by atoms with van der Waals surface area (Å²) in [4.78, 5) is 4.40. The molecule has 0 saturated heterocycles. The minimum atomic E-state index is 0.0824. The van der Waals surface area contributed by atoms with E-state index >= 15 is 0 Å². The Labute approximate surface area is 103 Å². The van der Waals surface area contributed by atoms with E-state index in [1.807, 2.05) is 18.2 Å². The predicted octanol–water partition coefficient (Wildman–Crippen LogP) is 3.46. The summed E-state index contributed by atoms with van der Waals surface area (Å²) < 4.78 is 0. The van der Waals surface area contributed by atoms with E-state index in [0.29, 0.717) is 5.13 Å². The van der Waals surface area contributed by atoms with Crippen LogP contribution in [0.1, 0.15) is 24.1 Å². The largest absolute Gasteiger partial charge is 0.375 e. The fourth-order valence-electron chi connectivity index (χ4n) is 2.11. The number of rotatable bonds is 2. The van der Waals surface area contributed by atoms with E-state index in [0.717, 1.165) is 23.6 Å². The first-order valence-corrected chi connectivity index (χ1v) is 6.44. The molecule has 1 fully saturated rings. The fraction of sp³-hybridized carbons (Fsp3) is 0.250. The van der Waals surface area contributed by atoms with Gasteiger partial charge in [-0.2, -0.15) is 0 Å². The van der Waals surface area contributed by atoms with Gasteiger partial charge in [0.15, 0.2) is 5.13 Å². The fourth-order valence-corrected chi connectivity index (χ4v) is 2.96. The molecule has 2 aromatic rings. The summed E-state index contributed by atoms with van der Waals surface area (Å²) in [7, 11) is 0. The van der Waals surface area contributed by atoms with Crippen molar-refractivity contribution < 1.29 is 0 Å². The maximum Gasteiger partial charge on any atom is 0.180 e. The molecule has 16 heavy (non-hydrogen) atoms. The van der Waals surface area contributed by atoms with Crippen molar-refractivity contribution in [3.63, 3.8) is 0 Å². The third kappa shape index (κ3) is 1.51. The Balaban J connectivity index is 2.06. The summed E-state index contributed by atoms with van der Waals surface area (Å²) in [5.41, 5.74) is 8.12. The number of nitrogens with two attached hydrogens (primary N) is 1. The van der Waals surface area contributed by atoms with E-state index in [-0.39, 0.29) is 5.41 Å². The van der Waals surface area contributed by atoms with Gasteiger partial charge in [-0.1, -0.05) is 23.7 Å². The van der Waals surface area contributed by atoms with Crippen LogP contribution in [-0.2, 0) is 5.41 Å². The molecule has 4 heteroatoms. The molecule has 0 aliphatic heterocycles. The van der Waals surface area contributed by atoms with Crippen LogP contribution in [0.15, 0.2) is 29.6 Å². The molecule has 1 aromatic heterocycles. The summed E-state index contributed by atoms with van der Waals surface area (Å²) in [6, 6.07) is 8.04. The first-order valence-electron chi connectivity index (χ1n) is 5.18. The van der Waals surface area contributed by atoms with Crippen molar-refractivity contribution in [3.05, 3.63) is 45.9 Å². The zero-order valence-corrected chi connectivity index (χ0v) is 10.2. The molecule has 0 bridgehead atoms. The standard InChI is InChI=1S/C12H11ClN2S/c13-9-3-1-2-8(6-9)12(4-5-12)10-7-16-11(14)15-10/h1-3,6-7H,4-5H2,(H2,14,15). The summed E-state index contributed by atoms with van der Waals surface area (Å²) in [6.45, 7) is 0. The lowest BCUT2D eigenvalue weighted by Crippen LogP contribution is -2.09. The molecule has 2 nitrogen and oxygen atoms in total. The molecular formula is C12H11ClN2S. The molecular weight excluding hydrogens is 240 g/mol. The van der Waals surface area contributed by atoms with Gasteiger partial charge in [-0.3, -0.25) is 0 Å². The SMILES string of the molecule is Nc1nc(C2(c3cccc(Cl)c3)CC2)cs1. The van der Waals surface area contributed by atoms with Crippen LogP contribution < -0.4 is 5.73 Å². The van der Waals surface area contributed by atoms with E-state index in [2.05, 4.69) is 16.4 Å². The van der Waals surface area contributed by atoms with Crippen molar-refractivity contribution in [2.24, 2.45) is 0 Å². The summed E-state index contributed by atoms with van der Waals surface area (Å²) in [5.74, 6) is 0. The predicted molar refractivity (Wildman–Crippen MR) is 68.0 cm³/mol. The Bertz CT molecular complexity index is 531. The van der Waals surface area contributed by atoms with Crippen molar-refractivity contribution in [2.75, 3.05) is 5.73 Å². The molecule has 0 radical (unpaired) electrons. The van der Waals surface area contributed by atoms with Gasteiger partial charge >= 0.3 is 0 Å². The first-order chi connectivity index (χ1) is 7.71. The minimum Gasteiger partial charge on any atom is -0.375 e. The molecule has 0 amide bonds. The molecule has 82 valence electrons. The minimum absolute atomic E-state index is 0.0824. The Morgan fingerprint density at radius 2 is 2.19 bits per heavy atom. The number of benzene rings is 1. The second-order valence-electron chi connectivity index (χ2n) is 4.16. The first kappa shape index (κ1) is 10.1. The number of aromatic nitrogens is 1. The summed E-state index contributed by atoms with van der Waals surface area (Å²) in [6.07, 6.45) is 2.27. The number of halogens is 1. The van der Waals surface area contributed by atoms with Gasteiger partial charge in [0.2, 0.25) is 0 Å². The molecule has 0 spiro atoms. The highest BCUT2D eigenvalue weighted by Crippen LogP contribution is 2.53. The lowest BCUT2D eigenvalue weighted by molar-refractivity contribution is 0.815. The third-order valence-corrected chi connectivity index (χ3v) is 4.05. The Kier molecular flexibility index (Phi) is 2.19. The van der Waals surface area contributed by atoms with E-state index in [1.54, 1.807) is 0 Å². The van der Waals surface area contributed by atoms with Gasteiger partial charge in [-0.25, -0.2) is 4.98 Å². The highest BCUT2D eigenvalue weighted by molar-refractivity contribution is 7.13. The van der Waals surface area contributed by atoms with E-state index in [1.165, 1.54) is 16.9 Å².